The van der Waals surface area contributed by atoms with Crippen LogP contribution >= 0.6 is 0 Å². The fourth-order valence-corrected chi connectivity index (χ4v) is 4.44. The molecule has 5 heteroatoms. The zero-order chi connectivity index (χ0) is 15.9. The van der Waals surface area contributed by atoms with Crippen molar-refractivity contribution in [2.45, 2.75) is 51.2 Å². The Balaban J connectivity index is 1.29. The highest BCUT2D eigenvalue weighted by molar-refractivity contribution is 5.74. The molecule has 4 rings (SSSR count). The van der Waals surface area contributed by atoms with Crippen molar-refractivity contribution in [1.29, 1.82) is 0 Å². The number of amides is 2. The van der Waals surface area contributed by atoms with Gasteiger partial charge in [-0.25, -0.2) is 4.79 Å². The molecular weight excluding hydrogens is 292 g/mol. The van der Waals surface area contributed by atoms with E-state index in [9.17, 15) is 4.79 Å². The van der Waals surface area contributed by atoms with Crippen molar-refractivity contribution in [3.8, 4) is 0 Å². The first-order valence-electron chi connectivity index (χ1n) is 9.46. The highest BCUT2D eigenvalue weighted by atomic mass is 16.7. The fourth-order valence-electron chi connectivity index (χ4n) is 4.44. The molecule has 0 unspecified atom stereocenters. The van der Waals surface area contributed by atoms with E-state index in [1.807, 2.05) is 11.8 Å². The summed E-state index contributed by atoms with van der Waals surface area (Å²) in [6.07, 6.45) is 7.60. The van der Waals surface area contributed by atoms with Crippen molar-refractivity contribution >= 4 is 6.03 Å². The van der Waals surface area contributed by atoms with E-state index in [1.54, 1.807) is 0 Å². The normalized spacial score (nSPS) is 30.7. The lowest BCUT2D eigenvalue weighted by molar-refractivity contribution is -0.189. The second-order valence-electron chi connectivity index (χ2n) is 8.02. The second kappa shape index (κ2) is 6.25. The molecule has 2 saturated carbocycles. The summed E-state index contributed by atoms with van der Waals surface area (Å²) in [6.45, 7) is 5.85. The topological polar surface area (TPSA) is 50.8 Å². The minimum absolute atomic E-state index is 0.114. The van der Waals surface area contributed by atoms with Gasteiger partial charge in [-0.2, -0.15) is 0 Å². The van der Waals surface area contributed by atoms with Crippen LogP contribution in [0.2, 0.25) is 0 Å². The lowest BCUT2D eigenvalue weighted by Gasteiger charge is -2.40. The van der Waals surface area contributed by atoms with Gasteiger partial charge in [0.2, 0.25) is 0 Å². The Hall–Kier alpha value is -0.810. The Bertz CT molecular complexity index is 430. The van der Waals surface area contributed by atoms with Crippen LogP contribution < -0.4 is 5.32 Å². The molecule has 0 aromatic heterocycles. The van der Waals surface area contributed by atoms with Gasteiger partial charge >= 0.3 is 6.03 Å². The smallest absolute Gasteiger partial charge is 0.317 e. The number of nitrogens with one attached hydrogen (secondary N) is 1. The van der Waals surface area contributed by atoms with Crippen LogP contribution in [0.25, 0.3) is 0 Å². The van der Waals surface area contributed by atoms with Gasteiger partial charge in [-0.15, -0.1) is 0 Å². The van der Waals surface area contributed by atoms with Crippen molar-refractivity contribution < 1.29 is 14.3 Å². The van der Waals surface area contributed by atoms with Crippen molar-refractivity contribution in [2.75, 3.05) is 32.8 Å². The van der Waals surface area contributed by atoms with Gasteiger partial charge in [0.25, 0.3) is 0 Å². The maximum absolute atomic E-state index is 12.6. The van der Waals surface area contributed by atoms with E-state index in [2.05, 4.69) is 5.32 Å². The molecule has 1 atom stereocenters. The van der Waals surface area contributed by atoms with Gasteiger partial charge in [-0.3, -0.25) is 0 Å². The van der Waals surface area contributed by atoms with Crippen molar-refractivity contribution in [3.05, 3.63) is 0 Å². The molecule has 0 aromatic carbocycles. The Labute approximate surface area is 139 Å². The molecule has 2 aliphatic heterocycles. The molecule has 4 fully saturated rings. The van der Waals surface area contributed by atoms with E-state index < -0.39 is 5.79 Å². The van der Waals surface area contributed by atoms with Gasteiger partial charge < -0.3 is 19.7 Å². The van der Waals surface area contributed by atoms with Crippen LogP contribution in [0.15, 0.2) is 0 Å². The van der Waals surface area contributed by atoms with E-state index in [0.717, 1.165) is 50.2 Å². The van der Waals surface area contributed by atoms with Gasteiger partial charge in [-0.1, -0.05) is 0 Å². The van der Waals surface area contributed by atoms with E-state index in [0.29, 0.717) is 13.2 Å². The van der Waals surface area contributed by atoms with Gasteiger partial charge in [0.05, 0.1) is 13.2 Å². The van der Waals surface area contributed by atoms with Crippen LogP contribution in [0.3, 0.4) is 0 Å². The summed E-state index contributed by atoms with van der Waals surface area (Å²) in [5.41, 5.74) is 0. The standard InChI is InChI=1S/C18H30N2O3/c1-18(22-9-10-23-18)15-3-2-8-20(12-15)17(21)19-11-16(13-4-5-13)14-6-7-14/h13-16H,2-12H2,1H3,(H,19,21)/t15-/m1/s1. The number of urea groups is 1. The molecule has 2 saturated heterocycles. The first-order chi connectivity index (χ1) is 11.2. The molecule has 1 N–H and O–H groups in total. The highest BCUT2D eigenvalue weighted by Gasteiger charge is 2.43. The largest absolute Gasteiger partial charge is 0.347 e. The quantitative estimate of drug-likeness (QED) is 0.846. The lowest BCUT2D eigenvalue weighted by atomic mass is 9.90. The number of ether oxygens (including phenoxy) is 2. The third-order valence-corrected chi connectivity index (χ3v) is 6.25. The van der Waals surface area contributed by atoms with Gasteiger partial charge in [0, 0.05) is 25.6 Å². The highest BCUT2D eigenvalue weighted by Crippen LogP contribution is 2.48. The molecule has 0 spiro atoms. The summed E-state index contributed by atoms with van der Waals surface area (Å²) in [5, 5.41) is 3.22. The van der Waals surface area contributed by atoms with Crippen molar-refractivity contribution in [2.24, 2.45) is 23.7 Å². The zero-order valence-corrected chi connectivity index (χ0v) is 14.3. The number of carbonyl (C=O) groups is 1. The summed E-state index contributed by atoms with van der Waals surface area (Å²) in [7, 11) is 0. The number of rotatable bonds is 5. The van der Waals surface area contributed by atoms with Crippen molar-refractivity contribution in [1.82, 2.24) is 10.2 Å². The van der Waals surface area contributed by atoms with Crippen LogP contribution in [0.1, 0.15) is 45.4 Å². The summed E-state index contributed by atoms with van der Waals surface area (Å²) in [5.74, 6) is 2.29. The lowest BCUT2D eigenvalue weighted by Crippen LogP contribution is -2.52. The predicted octanol–water partition coefficient (Wildman–Crippen LogP) is 2.61. The Morgan fingerprint density at radius 2 is 1.83 bits per heavy atom. The van der Waals surface area contributed by atoms with E-state index in [-0.39, 0.29) is 11.9 Å². The Kier molecular flexibility index (Phi) is 4.26. The SMILES string of the molecule is CC1([C@@H]2CCCN(C(=O)NCC(C3CC3)C3CC3)C2)OCCO1. The summed E-state index contributed by atoms with van der Waals surface area (Å²) >= 11 is 0. The molecule has 130 valence electrons. The molecule has 2 aliphatic carbocycles. The first kappa shape index (κ1) is 15.7. The minimum atomic E-state index is -0.497. The van der Waals surface area contributed by atoms with Gasteiger partial charge in [0.15, 0.2) is 5.79 Å². The molecule has 0 aromatic rings. The zero-order valence-electron chi connectivity index (χ0n) is 14.3. The third kappa shape index (κ3) is 3.50. The number of hydrogen-bond acceptors (Lipinski definition) is 3. The first-order valence-corrected chi connectivity index (χ1v) is 9.46. The summed E-state index contributed by atoms with van der Waals surface area (Å²) in [4.78, 5) is 14.6. The summed E-state index contributed by atoms with van der Waals surface area (Å²) in [6, 6.07) is 0.114. The Morgan fingerprint density at radius 1 is 1.17 bits per heavy atom. The number of carbonyl (C=O) groups excluding carboxylic acids is 1. The van der Waals surface area contributed by atoms with E-state index in [4.69, 9.17) is 9.47 Å². The Morgan fingerprint density at radius 3 is 2.43 bits per heavy atom. The average Bonchev–Trinajstić information content (AvgIpc) is 3.49. The van der Waals surface area contributed by atoms with Crippen LogP contribution in [0, 0.1) is 23.7 Å². The monoisotopic (exact) mass is 322 g/mol. The van der Waals surface area contributed by atoms with E-state index in [1.165, 1.54) is 25.7 Å². The molecule has 0 radical (unpaired) electrons. The molecule has 0 bridgehead atoms. The molecule has 2 amide bonds. The average molecular weight is 322 g/mol. The van der Waals surface area contributed by atoms with Gasteiger partial charge in [0.1, 0.15) is 0 Å². The second-order valence-corrected chi connectivity index (χ2v) is 8.02. The van der Waals surface area contributed by atoms with Crippen LogP contribution in [-0.4, -0.2) is 49.6 Å². The molecular formula is C18H30N2O3. The summed E-state index contributed by atoms with van der Waals surface area (Å²) < 4.78 is 11.6. The van der Waals surface area contributed by atoms with E-state index >= 15 is 0 Å². The minimum Gasteiger partial charge on any atom is -0.347 e. The number of nitrogens with zero attached hydrogens (tertiary/aromatic N) is 1. The van der Waals surface area contributed by atoms with Crippen LogP contribution in [0.4, 0.5) is 4.79 Å². The number of hydrogen-bond donors (Lipinski definition) is 1. The van der Waals surface area contributed by atoms with Crippen LogP contribution in [0.5, 0.6) is 0 Å². The van der Waals surface area contributed by atoms with Crippen molar-refractivity contribution in [3.63, 3.8) is 0 Å². The fraction of sp³-hybridized carbons (Fsp3) is 0.944. The van der Waals surface area contributed by atoms with Crippen LogP contribution in [-0.2, 0) is 9.47 Å². The molecule has 4 aliphatic rings. The maximum Gasteiger partial charge on any atom is 0.317 e. The van der Waals surface area contributed by atoms with Gasteiger partial charge in [-0.05, 0) is 63.2 Å². The molecule has 2 heterocycles. The predicted molar refractivity (Wildman–Crippen MR) is 86.9 cm³/mol. The number of likely N-dealkylation sites (tertiary alicyclic amines) is 1. The number of piperidine rings is 1. The molecule has 23 heavy (non-hydrogen) atoms. The third-order valence-electron chi connectivity index (χ3n) is 6.25. The maximum atomic E-state index is 12.6. The molecule has 5 nitrogen and oxygen atoms in total.